The number of hydrogen-bond donors (Lipinski definition) is 1. The van der Waals surface area contributed by atoms with Crippen molar-refractivity contribution in [1.29, 1.82) is 0 Å². The van der Waals surface area contributed by atoms with Gasteiger partial charge in [0.25, 0.3) is 0 Å². The molecule has 6 nitrogen and oxygen atoms in total. The lowest BCUT2D eigenvalue weighted by atomic mass is 10.0. The summed E-state index contributed by atoms with van der Waals surface area (Å²) in [5, 5.41) is 8.06. The number of aromatic nitrogens is 2. The fourth-order valence-corrected chi connectivity index (χ4v) is 4.60. The largest absolute Gasteiger partial charge is 0.415 e. The predicted molar refractivity (Wildman–Crippen MR) is 146 cm³/mol. The van der Waals surface area contributed by atoms with E-state index in [2.05, 4.69) is 46.5 Å². The van der Waals surface area contributed by atoms with E-state index in [4.69, 9.17) is 4.74 Å². The van der Waals surface area contributed by atoms with Gasteiger partial charge in [0.05, 0.1) is 5.52 Å². The summed E-state index contributed by atoms with van der Waals surface area (Å²) < 4.78 is 5.54. The molecule has 0 radical (unpaired) electrons. The van der Waals surface area contributed by atoms with E-state index in [-0.39, 0.29) is 6.09 Å². The number of nitrogens with one attached hydrogen (secondary N) is 1. The third-order valence-corrected chi connectivity index (χ3v) is 6.42. The first-order valence-electron chi connectivity index (χ1n) is 11.8. The molecule has 1 N–H and O–H groups in total. The summed E-state index contributed by atoms with van der Waals surface area (Å²) in [6, 6.07) is 26.2. The van der Waals surface area contributed by atoms with E-state index in [1.54, 1.807) is 17.3 Å². The highest BCUT2D eigenvalue weighted by Gasteiger charge is 2.16. The van der Waals surface area contributed by atoms with Crippen LogP contribution in [0, 0.1) is 0 Å². The highest BCUT2D eigenvalue weighted by molar-refractivity contribution is 7.08. The molecule has 5 rings (SSSR count). The number of hydrogen-bond acceptors (Lipinski definition) is 6. The second-order valence-electron chi connectivity index (χ2n) is 8.39. The summed E-state index contributed by atoms with van der Waals surface area (Å²) in [7, 11) is 0. The molecule has 0 aliphatic rings. The van der Waals surface area contributed by atoms with Crippen molar-refractivity contribution in [3.05, 3.63) is 102 Å². The number of ether oxygens (including phenoxy) is 1. The summed E-state index contributed by atoms with van der Waals surface area (Å²) in [6.45, 7) is 3.15. The van der Waals surface area contributed by atoms with Gasteiger partial charge in [-0.3, -0.25) is 0 Å². The quantitative estimate of drug-likeness (QED) is 0.242. The zero-order valence-electron chi connectivity index (χ0n) is 19.9. The molecule has 0 bridgehead atoms. The van der Waals surface area contributed by atoms with Crippen LogP contribution in [0.4, 0.5) is 16.3 Å². The van der Waals surface area contributed by atoms with Crippen LogP contribution in [0.1, 0.15) is 18.9 Å². The molecule has 7 heteroatoms. The highest BCUT2D eigenvalue weighted by Crippen LogP contribution is 2.29. The molecule has 0 aliphatic heterocycles. The van der Waals surface area contributed by atoms with Gasteiger partial charge < -0.3 is 15.0 Å². The third kappa shape index (κ3) is 5.53. The summed E-state index contributed by atoms with van der Waals surface area (Å²) in [5.41, 5.74) is 4.99. The smallest absolute Gasteiger partial charge is 0.409 e. The van der Waals surface area contributed by atoms with E-state index in [1.807, 2.05) is 59.3 Å². The van der Waals surface area contributed by atoms with Crippen molar-refractivity contribution in [3.8, 4) is 16.9 Å². The first-order valence-corrected chi connectivity index (χ1v) is 12.8. The molecule has 0 saturated heterocycles. The number of amides is 1. The Hall–Kier alpha value is -4.23. The van der Waals surface area contributed by atoms with Gasteiger partial charge in [-0.25, -0.2) is 14.8 Å². The summed E-state index contributed by atoms with van der Waals surface area (Å²) in [6.07, 6.45) is 2.09. The molecule has 2 aromatic heterocycles. The zero-order valence-corrected chi connectivity index (χ0v) is 20.7. The standard InChI is InChI=1S/C29H26N4O2S/c1-2-14-33(29(34)35-25-13-15-36-19-25)18-21-7-6-8-22(16-21)23-11-12-27-26(17-23)28(31-20-30-27)32-24-9-4-3-5-10-24/h3-13,15-17,19-20H,2,14,18H2,1H3,(H,30,31,32). The summed E-state index contributed by atoms with van der Waals surface area (Å²) in [5.74, 6) is 1.34. The minimum atomic E-state index is -0.333. The Bertz CT molecular complexity index is 1460. The molecule has 1 amide bonds. The average Bonchev–Trinajstić information content (AvgIpc) is 3.42. The first kappa shape index (κ1) is 23.5. The van der Waals surface area contributed by atoms with Gasteiger partial charge in [-0.05, 0) is 64.9 Å². The van der Waals surface area contributed by atoms with Crippen molar-refractivity contribution < 1.29 is 9.53 Å². The SMILES string of the molecule is CCCN(Cc1cccc(-c2ccc3ncnc(Nc4ccccc4)c3c2)c1)C(=O)Oc1ccsc1. The second kappa shape index (κ2) is 11.0. The Morgan fingerprint density at radius 3 is 2.64 bits per heavy atom. The van der Waals surface area contributed by atoms with Crippen molar-refractivity contribution in [2.45, 2.75) is 19.9 Å². The number of carbonyl (C=O) groups is 1. The number of benzene rings is 3. The zero-order chi connectivity index (χ0) is 24.7. The second-order valence-corrected chi connectivity index (χ2v) is 9.17. The molecular weight excluding hydrogens is 468 g/mol. The van der Waals surface area contributed by atoms with E-state index >= 15 is 0 Å². The molecule has 2 heterocycles. The van der Waals surface area contributed by atoms with E-state index < -0.39 is 0 Å². The monoisotopic (exact) mass is 494 g/mol. The van der Waals surface area contributed by atoms with Crippen molar-refractivity contribution in [2.24, 2.45) is 0 Å². The third-order valence-electron chi connectivity index (χ3n) is 5.76. The van der Waals surface area contributed by atoms with Crippen molar-refractivity contribution in [2.75, 3.05) is 11.9 Å². The molecule has 0 unspecified atom stereocenters. The Morgan fingerprint density at radius 2 is 1.83 bits per heavy atom. The number of para-hydroxylation sites is 1. The Balaban J connectivity index is 1.40. The number of anilines is 2. The van der Waals surface area contributed by atoms with E-state index in [1.165, 1.54) is 11.3 Å². The molecule has 0 spiro atoms. The Morgan fingerprint density at radius 1 is 0.972 bits per heavy atom. The van der Waals surface area contributed by atoms with Gasteiger partial charge in [0.1, 0.15) is 17.9 Å². The van der Waals surface area contributed by atoms with Gasteiger partial charge in [0.2, 0.25) is 0 Å². The Labute approximate surface area is 214 Å². The number of fused-ring (bicyclic) bond motifs is 1. The van der Waals surface area contributed by atoms with Gasteiger partial charge in [0, 0.05) is 29.5 Å². The molecule has 0 saturated carbocycles. The maximum atomic E-state index is 12.8. The van der Waals surface area contributed by atoms with Crippen LogP contribution in [0.15, 0.2) is 96.0 Å². The van der Waals surface area contributed by atoms with Crippen LogP contribution in [0.3, 0.4) is 0 Å². The highest BCUT2D eigenvalue weighted by atomic mass is 32.1. The number of nitrogens with zero attached hydrogens (tertiary/aromatic N) is 3. The minimum Gasteiger partial charge on any atom is -0.409 e. The predicted octanol–water partition coefficient (Wildman–Crippen LogP) is 7.51. The van der Waals surface area contributed by atoms with Crippen LogP contribution in [0.5, 0.6) is 5.75 Å². The minimum absolute atomic E-state index is 0.333. The molecule has 5 aromatic rings. The average molecular weight is 495 g/mol. The van der Waals surface area contributed by atoms with E-state index in [9.17, 15) is 4.79 Å². The van der Waals surface area contributed by atoms with Gasteiger partial charge in [-0.15, -0.1) is 11.3 Å². The lowest BCUT2D eigenvalue weighted by Crippen LogP contribution is -2.33. The van der Waals surface area contributed by atoms with E-state index in [0.29, 0.717) is 18.8 Å². The maximum Gasteiger partial charge on any atom is 0.415 e. The fraction of sp³-hybridized carbons (Fsp3) is 0.138. The molecule has 3 aromatic carbocycles. The van der Waals surface area contributed by atoms with Crippen LogP contribution < -0.4 is 10.1 Å². The molecule has 36 heavy (non-hydrogen) atoms. The normalized spacial score (nSPS) is 10.8. The lowest BCUT2D eigenvalue weighted by Gasteiger charge is -2.21. The molecular formula is C29H26N4O2S. The first-order chi connectivity index (χ1) is 17.7. The molecule has 0 aliphatic carbocycles. The molecule has 0 fully saturated rings. The van der Waals surface area contributed by atoms with Crippen molar-refractivity contribution in [1.82, 2.24) is 14.9 Å². The lowest BCUT2D eigenvalue weighted by molar-refractivity contribution is 0.149. The van der Waals surface area contributed by atoms with E-state index in [0.717, 1.165) is 45.5 Å². The van der Waals surface area contributed by atoms with Gasteiger partial charge in [-0.1, -0.05) is 49.4 Å². The number of thiophene rings is 1. The van der Waals surface area contributed by atoms with Crippen molar-refractivity contribution >= 4 is 39.8 Å². The summed E-state index contributed by atoms with van der Waals surface area (Å²) in [4.78, 5) is 23.4. The van der Waals surface area contributed by atoms with Crippen LogP contribution in [0.2, 0.25) is 0 Å². The number of rotatable bonds is 8. The fourth-order valence-electron chi connectivity index (χ4n) is 4.04. The number of carbonyl (C=O) groups excluding carboxylic acids is 1. The molecule has 0 atom stereocenters. The summed E-state index contributed by atoms with van der Waals surface area (Å²) >= 11 is 1.50. The van der Waals surface area contributed by atoms with Crippen LogP contribution in [0.25, 0.3) is 22.0 Å². The Kier molecular flexibility index (Phi) is 7.19. The van der Waals surface area contributed by atoms with Crippen molar-refractivity contribution in [3.63, 3.8) is 0 Å². The van der Waals surface area contributed by atoms with Gasteiger partial charge in [0.15, 0.2) is 0 Å². The topological polar surface area (TPSA) is 67.4 Å². The van der Waals surface area contributed by atoms with Crippen LogP contribution >= 0.6 is 11.3 Å². The van der Waals surface area contributed by atoms with Gasteiger partial charge >= 0.3 is 6.09 Å². The maximum absolute atomic E-state index is 12.8. The van der Waals surface area contributed by atoms with Crippen LogP contribution in [-0.4, -0.2) is 27.5 Å². The van der Waals surface area contributed by atoms with Crippen LogP contribution in [-0.2, 0) is 6.54 Å². The van der Waals surface area contributed by atoms with Gasteiger partial charge in [-0.2, -0.15) is 0 Å². The molecule has 180 valence electrons.